The molecule has 182 valence electrons. The van der Waals surface area contributed by atoms with Crippen molar-refractivity contribution in [2.75, 3.05) is 50.8 Å². The maximum atomic E-state index is 6.02. The van der Waals surface area contributed by atoms with Gasteiger partial charge in [0.05, 0.1) is 0 Å². The lowest BCUT2D eigenvalue weighted by atomic mass is 9.60. The van der Waals surface area contributed by atoms with Crippen molar-refractivity contribution in [3.8, 4) is 11.5 Å². The number of hydrogen-bond acceptors (Lipinski definition) is 4. The van der Waals surface area contributed by atoms with Gasteiger partial charge in [0.1, 0.15) is 13.2 Å². The summed E-state index contributed by atoms with van der Waals surface area (Å²) in [6.45, 7) is 19.2. The van der Waals surface area contributed by atoms with Gasteiger partial charge >= 0.3 is 0 Å². The second-order valence-corrected chi connectivity index (χ2v) is 11.7. The highest BCUT2D eigenvalue weighted by Gasteiger charge is 2.40. The summed E-state index contributed by atoms with van der Waals surface area (Å²) in [4.78, 5) is 5.27. The second-order valence-electron chi connectivity index (χ2n) is 11.7. The first-order valence-corrected chi connectivity index (χ1v) is 12.7. The van der Waals surface area contributed by atoms with Crippen LogP contribution in [-0.2, 0) is 0 Å². The summed E-state index contributed by atoms with van der Waals surface area (Å²) in [6.07, 6.45) is 7.78. The molecule has 0 spiro atoms. The zero-order valence-electron chi connectivity index (χ0n) is 21.0. The van der Waals surface area contributed by atoms with Crippen molar-refractivity contribution in [1.29, 1.82) is 0 Å². The third-order valence-electron chi connectivity index (χ3n) is 7.48. The molecule has 32 heavy (non-hydrogen) atoms. The van der Waals surface area contributed by atoms with Gasteiger partial charge < -0.3 is 14.4 Å². The van der Waals surface area contributed by atoms with Gasteiger partial charge in [0.15, 0.2) is 11.5 Å². The van der Waals surface area contributed by atoms with Gasteiger partial charge in [-0.2, -0.15) is 0 Å². The number of nitrogens with zero attached hydrogens (tertiary/aromatic N) is 2. The summed E-state index contributed by atoms with van der Waals surface area (Å²) in [5.74, 6) is 2.46. The molecule has 0 unspecified atom stereocenters. The number of unbranched alkanes of at least 4 members (excludes halogenated alkanes) is 2. The number of fused-ring (bicyclic) bond motifs is 1. The second kappa shape index (κ2) is 10.4. The van der Waals surface area contributed by atoms with Crippen molar-refractivity contribution in [2.24, 2.45) is 10.8 Å². The van der Waals surface area contributed by atoms with Gasteiger partial charge in [0.25, 0.3) is 0 Å². The van der Waals surface area contributed by atoms with Crippen molar-refractivity contribution in [2.45, 2.75) is 79.1 Å². The van der Waals surface area contributed by atoms with Gasteiger partial charge in [0, 0.05) is 37.9 Å². The maximum Gasteiger partial charge on any atom is 0.163 e. The molecule has 0 atom stereocenters. The third-order valence-corrected chi connectivity index (χ3v) is 7.48. The predicted molar refractivity (Wildman–Crippen MR) is 137 cm³/mol. The Kier molecular flexibility index (Phi) is 8.30. The summed E-state index contributed by atoms with van der Waals surface area (Å²) < 4.78 is 12.0. The molecule has 4 rings (SSSR count). The topological polar surface area (TPSA) is 24.9 Å². The smallest absolute Gasteiger partial charge is 0.163 e. The predicted octanol–water partition coefficient (Wildman–Crippen LogP) is 6.51. The van der Waals surface area contributed by atoms with Gasteiger partial charge in [0.2, 0.25) is 0 Å². The third kappa shape index (κ3) is 6.05. The molecular formula is C27H45ClN2O2. The fourth-order valence-electron chi connectivity index (χ4n) is 6.56. The number of benzene rings is 1. The Balaban J connectivity index is 0.00000289. The van der Waals surface area contributed by atoms with Crippen LogP contribution in [0.3, 0.4) is 0 Å². The molecule has 5 heteroatoms. The highest BCUT2D eigenvalue weighted by molar-refractivity contribution is 5.85. The van der Waals surface area contributed by atoms with Gasteiger partial charge in [-0.1, -0.05) is 47.5 Å². The molecule has 1 aliphatic carbocycles. The van der Waals surface area contributed by atoms with E-state index in [-0.39, 0.29) is 12.4 Å². The van der Waals surface area contributed by atoms with Crippen LogP contribution in [0.15, 0.2) is 12.1 Å². The zero-order valence-corrected chi connectivity index (χ0v) is 21.9. The van der Waals surface area contributed by atoms with E-state index in [1.54, 1.807) is 0 Å². The molecule has 0 amide bonds. The molecule has 0 aromatic heterocycles. The van der Waals surface area contributed by atoms with Crippen LogP contribution in [-0.4, -0.2) is 50.8 Å². The number of anilines is 1. The minimum atomic E-state index is 0. The Hall–Kier alpha value is -1.13. The minimum absolute atomic E-state index is 0. The van der Waals surface area contributed by atoms with Crippen LogP contribution < -0.4 is 14.4 Å². The molecule has 1 aromatic carbocycles. The summed E-state index contributed by atoms with van der Waals surface area (Å²) in [5.41, 5.74) is 3.63. The van der Waals surface area contributed by atoms with Gasteiger partial charge in [-0.3, -0.25) is 4.90 Å². The quantitative estimate of drug-likeness (QED) is 0.448. The largest absolute Gasteiger partial charge is 0.486 e. The molecule has 1 aromatic rings. The molecule has 2 heterocycles. The van der Waals surface area contributed by atoms with E-state index in [0.29, 0.717) is 30.0 Å². The van der Waals surface area contributed by atoms with Crippen LogP contribution in [0.1, 0.15) is 84.6 Å². The Morgan fingerprint density at radius 2 is 1.47 bits per heavy atom. The molecule has 2 aliphatic heterocycles. The van der Waals surface area contributed by atoms with E-state index in [1.807, 2.05) is 0 Å². The Labute approximate surface area is 202 Å². The standard InChI is InChI=1S/C27H44N2O2.ClH/c1-6-7-8-9-28-10-12-29(13-11-28)23-17-25-24(30-14-15-31-25)16-22(23)21-18-26(2,3)20-27(4,5)19-21;/h16-17,21H,6-15,18-20H2,1-5H3;1H. The van der Waals surface area contributed by atoms with Gasteiger partial charge in [-0.05, 0) is 60.6 Å². The van der Waals surface area contributed by atoms with Crippen LogP contribution in [0.4, 0.5) is 5.69 Å². The van der Waals surface area contributed by atoms with Crippen LogP contribution in [0.5, 0.6) is 11.5 Å². The molecule has 0 radical (unpaired) electrons. The average molecular weight is 465 g/mol. The van der Waals surface area contributed by atoms with Gasteiger partial charge in [-0.15, -0.1) is 12.4 Å². The number of halogens is 1. The molecule has 1 saturated heterocycles. The Bertz CT molecular complexity index is 740. The summed E-state index contributed by atoms with van der Waals surface area (Å²) >= 11 is 0. The lowest BCUT2D eigenvalue weighted by Gasteiger charge is -2.46. The molecule has 4 nitrogen and oxygen atoms in total. The zero-order chi connectivity index (χ0) is 22.1. The Morgan fingerprint density at radius 1 is 0.875 bits per heavy atom. The van der Waals surface area contributed by atoms with E-state index < -0.39 is 0 Å². The van der Waals surface area contributed by atoms with Crippen molar-refractivity contribution >= 4 is 18.1 Å². The van der Waals surface area contributed by atoms with Crippen molar-refractivity contribution in [1.82, 2.24) is 4.90 Å². The van der Waals surface area contributed by atoms with Crippen LogP contribution >= 0.6 is 12.4 Å². The van der Waals surface area contributed by atoms with E-state index in [2.05, 4.69) is 56.6 Å². The maximum absolute atomic E-state index is 6.02. The normalized spacial score (nSPS) is 23.0. The highest BCUT2D eigenvalue weighted by Crippen LogP contribution is 2.54. The van der Waals surface area contributed by atoms with Crippen LogP contribution in [0, 0.1) is 10.8 Å². The molecule has 2 fully saturated rings. The molecular weight excluding hydrogens is 420 g/mol. The summed E-state index contributed by atoms with van der Waals surface area (Å²) in [5, 5.41) is 0. The number of ether oxygens (including phenoxy) is 2. The van der Waals surface area contributed by atoms with E-state index >= 15 is 0 Å². The molecule has 1 saturated carbocycles. The highest BCUT2D eigenvalue weighted by atomic mass is 35.5. The SMILES string of the molecule is CCCCCN1CCN(c2cc3c(cc2C2CC(C)(C)CC(C)(C)C2)OCCO3)CC1.Cl. The van der Waals surface area contributed by atoms with E-state index in [9.17, 15) is 0 Å². The lowest BCUT2D eigenvalue weighted by molar-refractivity contribution is 0.0966. The first-order valence-electron chi connectivity index (χ1n) is 12.7. The molecule has 0 N–H and O–H groups in total. The average Bonchev–Trinajstić information content (AvgIpc) is 2.71. The van der Waals surface area contributed by atoms with E-state index in [1.165, 1.54) is 69.4 Å². The fraction of sp³-hybridized carbons (Fsp3) is 0.778. The van der Waals surface area contributed by atoms with Gasteiger partial charge in [-0.25, -0.2) is 0 Å². The van der Waals surface area contributed by atoms with Crippen molar-refractivity contribution < 1.29 is 9.47 Å². The van der Waals surface area contributed by atoms with Crippen LogP contribution in [0.25, 0.3) is 0 Å². The van der Waals surface area contributed by atoms with Crippen LogP contribution in [0.2, 0.25) is 0 Å². The number of piperazine rings is 1. The van der Waals surface area contributed by atoms with Crippen molar-refractivity contribution in [3.63, 3.8) is 0 Å². The van der Waals surface area contributed by atoms with E-state index in [4.69, 9.17) is 9.47 Å². The minimum Gasteiger partial charge on any atom is -0.486 e. The molecule has 0 bridgehead atoms. The fourth-order valence-corrected chi connectivity index (χ4v) is 6.56. The monoisotopic (exact) mass is 464 g/mol. The lowest BCUT2D eigenvalue weighted by Crippen LogP contribution is -2.47. The first kappa shape index (κ1) is 25.5. The Morgan fingerprint density at radius 3 is 2.06 bits per heavy atom. The molecule has 3 aliphatic rings. The summed E-state index contributed by atoms with van der Waals surface area (Å²) in [7, 11) is 0. The van der Waals surface area contributed by atoms with E-state index in [0.717, 1.165) is 24.6 Å². The first-order chi connectivity index (χ1) is 14.8. The summed E-state index contributed by atoms with van der Waals surface area (Å²) in [6, 6.07) is 4.63. The number of hydrogen-bond donors (Lipinski definition) is 0. The van der Waals surface area contributed by atoms with Crippen molar-refractivity contribution in [3.05, 3.63) is 17.7 Å². The number of rotatable bonds is 6.